The summed E-state index contributed by atoms with van der Waals surface area (Å²) in [6, 6.07) is 6.00. The van der Waals surface area contributed by atoms with Gasteiger partial charge in [0.2, 0.25) is 0 Å². The lowest BCUT2D eigenvalue weighted by Gasteiger charge is -2.37. The van der Waals surface area contributed by atoms with Gasteiger partial charge in [0, 0.05) is 19.7 Å². The van der Waals surface area contributed by atoms with Crippen LogP contribution in [-0.4, -0.2) is 43.1 Å². The monoisotopic (exact) mass is 336 g/mol. The molecule has 0 spiro atoms. The Hall–Kier alpha value is -1.79. The molecule has 0 aromatic heterocycles. The number of nitrogens with zero attached hydrogens (tertiary/aromatic N) is 1. The summed E-state index contributed by atoms with van der Waals surface area (Å²) < 4.78 is 16.0. The predicted octanol–water partition coefficient (Wildman–Crippen LogP) is 2.68. The van der Waals surface area contributed by atoms with Gasteiger partial charge in [0.1, 0.15) is 11.4 Å². The van der Waals surface area contributed by atoms with Gasteiger partial charge in [0.05, 0.1) is 0 Å². The molecule has 1 heterocycles. The van der Waals surface area contributed by atoms with Gasteiger partial charge in [-0.05, 0) is 63.4 Å². The van der Waals surface area contributed by atoms with Gasteiger partial charge in [0.25, 0.3) is 0 Å². The van der Waals surface area contributed by atoms with Crippen LogP contribution in [0.4, 0.5) is 4.79 Å². The molecule has 1 aliphatic rings. The largest absolute Gasteiger partial charge is 0.468 e. The number of carbonyl (C=O) groups is 1. The zero-order valence-corrected chi connectivity index (χ0v) is 15.0. The summed E-state index contributed by atoms with van der Waals surface area (Å²) in [5.41, 5.74) is 7.51. The van der Waals surface area contributed by atoms with Gasteiger partial charge in [0.15, 0.2) is 6.79 Å². The fourth-order valence-corrected chi connectivity index (χ4v) is 2.83. The molecule has 6 nitrogen and oxygen atoms in total. The van der Waals surface area contributed by atoms with Crippen molar-refractivity contribution < 1.29 is 19.0 Å². The highest BCUT2D eigenvalue weighted by molar-refractivity contribution is 5.69. The molecule has 0 fully saturated rings. The van der Waals surface area contributed by atoms with Crippen molar-refractivity contribution in [2.45, 2.75) is 51.8 Å². The van der Waals surface area contributed by atoms with Crippen LogP contribution in [-0.2, 0) is 22.4 Å². The first-order chi connectivity index (χ1) is 11.3. The van der Waals surface area contributed by atoms with Crippen molar-refractivity contribution in [3.05, 3.63) is 29.3 Å². The smallest absolute Gasteiger partial charge is 0.410 e. The number of ether oxygens (including phenoxy) is 3. The van der Waals surface area contributed by atoms with Crippen molar-refractivity contribution in [3.63, 3.8) is 0 Å². The predicted molar refractivity (Wildman–Crippen MR) is 91.9 cm³/mol. The van der Waals surface area contributed by atoms with Gasteiger partial charge in [-0.15, -0.1) is 0 Å². The Morgan fingerprint density at radius 2 is 2.08 bits per heavy atom. The Morgan fingerprint density at radius 1 is 1.33 bits per heavy atom. The first-order valence-electron chi connectivity index (χ1n) is 8.27. The molecule has 6 heteroatoms. The van der Waals surface area contributed by atoms with Crippen molar-refractivity contribution in [1.82, 2.24) is 4.90 Å². The molecule has 1 aliphatic heterocycles. The average molecular weight is 336 g/mol. The average Bonchev–Trinajstić information content (AvgIpc) is 2.50. The Kier molecular flexibility index (Phi) is 6.07. The fourth-order valence-electron chi connectivity index (χ4n) is 2.83. The van der Waals surface area contributed by atoms with E-state index in [4.69, 9.17) is 19.9 Å². The molecular formula is C18H28N2O4. The number of benzene rings is 1. The van der Waals surface area contributed by atoms with Gasteiger partial charge >= 0.3 is 6.09 Å². The van der Waals surface area contributed by atoms with Crippen molar-refractivity contribution in [2.24, 2.45) is 5.73 Å². The van der Waals surface area contributed by atoms with Crippen LogP contribution in [0.3, 0.4) is 0 Å². The lowest BCUT2D eigenvalue weighted by atomic mass is 9.92. The van der Waals surface area contributed by atoms with E-state index >= 15 is 0 Å². The Bertz CT molecular complexity index is 569. The molecule has 2 N–H and O–H groups in total. The maximum absolute atomic E-state index is 12.6. The van der Waals surface area contributed by atoms with Crippen molar-refractivity contribution in [1.29, 1.82) is 0 Å². The molecule has 0 aliphatic carbocycles. The number of nitrogens with two attached hydrogens (primary N) is 1. The van der Waals surface area contributed by atoms with Crippen molar-refractivity contribution in [2.75, 3.05) is 20.4 Å². The lowest BCUT2D eigenvalue weighted by molar-refractivity contribution is 0.0111. The SMILES string of the molecule is COCOc1ccc2c(c1)CN(C(=O)OC(C)(C)C)[C@H](CCN)C2. The van der Waals surface area contributed by atoms with Crippen LogP contribution in [0.15, 0.2) is 18.2 Å². The van der Waals surface area contributed by atoms with E-state index in [0.29, 0.717) is 13.1 Å². The van der Waals surface area contributed by atoms with Crippen LogP contribution in [0.5, 0.6) is 5.75 Å². The third-order valence-corrected chi connectivity index (χ3v) is 3.89. The number of carbonyl (C=O) groups excluding carboxylic acids is 1. The number of hydrogen-bond acceptors (Lipinski definition) is 5. The van der Waals surface area contributed by atoms with E-state index in [0.717, 1.165) is 24.2 Å². The highest BCUT2D eigenvalue weighted by Crippen LogP contribution is 2.29. The summed E-state index contributed by atoms with van der Waals surface area (Å²) in [6.07, 6.45) is 1.23. The van der Waals surface area contributed by atoms with Crippen LogP contribution < -0.4 is 10.5 Å². The topological polar surface area (TPSA) is 74.0 Å². The summed E-state index contributed by atoms with van der Waals surface area (Å²) in [5.74, 6) is 0.733. The van der Waals surface area contributed by atoms with E-state index in [1.54, 1.807) is 12.0 Å². The van der Waals surface area contributed by atoms with Crippen LogP contribution >= 0.6 is 0 Å². The molecule has 0 unspecified atom stereocenters. The number of amides is 1. The highest BCUT2D eigenvalue weighted by Gasteiger charge is 2.32. The fraction of sp³-hybridized carbons (Fsp3) is 0.611. The van der Waals surface area contributed by atoms with Gasteiger partial charge in [-0.25, -0.2) is 4.79 Å². The second-order valence-corrected chi connectivity index (χ2v) is 7.02. The maximum Gasteiger partial charge on any atom is 0.410 e. The summed E-state index contributed by atoms with van der Waals surface area (Å²) in [4.78, 5) is 14.4. The van der Waals surface area contributed by atoms with Crippen molar-refractivity contribution in [3.8, 4) is 5.75 Å². The van der Waals surface area contributed by atoms with Crippen LogP contribution in [0.25, 0.3) is 0 Å². The summed E-state index contributed by atoms with van der Waals surface area (Å²) >= 11 is 0. The molecule has 1 aromatic rings. The Morgan fingerprint density at radius 3 is 2.71 bits per heavy atom. The highest BCUT2D eigenvalue weighted by atomic mass is 16.7. The summed E-state index contributed by atoms with van der Waals surface area (Å²) in [7, 11) is 1.58. The van der Waals surface area contributed by atoms with Crippen LogP contribution in [0.1, 0.15) is 38.3 Å². The zero-order chi connectivity index (χ0) is 17.7. The number of rotatable bonds is 5. The third-order valence-electron chi connectivity index (χ3n) is 3.89. The van der Waals surface area contributed by atoms with Gasteiger partial charge < -0.3 is 24.8 Å². The summed E-state index contributed by atoms with van der Waals surface area (Å²) in [5, 5.41) is 0. The van der Waals surface area contributed by atoms with E-state index in [1.165, 1.54) is 5.56 Å². The van der Waals surface area contributed by atoms with Gasteiger partial charge in [-0.2, -0.15) is 0 Å². The summed E-state index contributed by atoms with van der Waals surface area (Å²) in [6.45, 7) is 6.85. The minimum atomic E-state index is -0.520. The molecule has 2 rings (SSSR count). The molecule has 0 radical (unpaired) electrons. The van der Waals surface area contributed by atoms with Crippen LogP contribution in [0.2, 0.25) is 0 Å². The maximum atomic E-state index is 12.6. The second-order valence-electron chi connectivity index (χ2n) is 7.02. The molecule has 24 heavy (non-hydrogen) atoms. The Labute approximate surface area is 143 Å². The minimum Gasteiger partial charge on any atom is -0.468 e. The standard InChI is InChI=1S/C18H28N2O4/c1-18(2,3)24-17(21)20-11-14-10-16(23-12-22-4)6-5-13(14)9-15(20)7-8-19/h5-6,10,15H,7-9,11-12,19H2,1-4H3/t15-/m1/s1. The number of fused-ring (bicyclic) bond motifs is 1. The normalized spacial score (nSPS) is 17.4. The molecule has 0 bridgehead atoms. The first-order valence-corrected chi connectivity index (χ1v) is 8.27. The molecule has 1 aromatic carbocycles. The van der Waals surface area contributed by atoms with E-state index in [9.17, 15) is 4.79 Å². The molecule has 1 amide bonds. The first kappa shape index (κ1) is 18.5. The van der Waals surface area contributed by atoms with Crippen molar-refractivity contribution >= 4 is 6.09 Å². The van der Waals surface area contributed by atoms with Crippen LogP contribution in [0, 0.1) is 0 Å². The van der Waals surface area contributed by atoms with E-state index < -0.39 is 5.60 Å². The molecule has 0 saturated heterocycles. The van der Waals surface area contributed by atoms with E-state index in [2.05, 4.69) is 6.07 Å². The zero-order valence-electron chi connectivity index (χ0n) is 15.0. The van der Waals surface area contributed by atoms with Gasteiger partial charge in [-0.3, -0.25) is 0 Å². The molecule has 134 valence electrons. The third kappa shape index (κ3) is 4.85. The lowest BCUT2D eigenvalue weighted by Crippen LogP contribution is -2.47. The molecule has 1 atom stereocenters. The second kappa shape index (κ2) is 7.85. The Balaban J connectivity index is 2.20. The molecular weight excluding hydrogens is 308 g/mol. The minimum absolute atomic E-state index is 0.0584. The number of methoxy groups -OCH3 is 1. The quantitative estimate of drug-likeness (QED) is 0.837. The molecule has 0 saturated carbocycles. The van der Waals surface area contributed by atoms with E-state index in [1.807, 2.05) is 32.9 Å². The van der Waals surface area contributed by atoms with E-state index in [-0.39, 0.29) is 18.9 Å². The number of hydrogen-bond donors (Lipinski definition) is 1. The van der Waals surface area contributed by atoms with Gasteiger partial charge in [-0.1, -0.05) is 6.07 Å².